The SMILES string of the molecule is COc1ccc(COc2cc(CCNC(=O)C(F)(F)F)c(/C=C\COC(=O)Oc3c(C)cccc3C)c(OCc3ccc(OC)cc3)c2)cc1. The average Bonchev–Trinajstić information content (AvgIpc) is 3.10. The molecule has 0 saturated carbocycles. The van der Waals surface area contributed by atoms with Crippen molar-refractivity contribution in [3.63, 3.8) is 0 Å². The molecule has 9 nitrogen and oxygen atoms in total. The number of hydrogen-bond donors (Lipinski definition) is 1. The van der Waals surface area contributed by atoms with E-state index < -0.39 is 18.2 Å². The molecule has 0 aromatic heterocycles. The van der Waals surface area contributed by atoms with Crippen LogP contribution in [0.4, 0.5) is 18.0 Å². The van der Waals surface area contributed by atoms with Crippen LogP contribution >= 0.6 is 0 Å². The third kappa shape index (κ3) is 10.9. The summed E-state index contributed by atoms with van der Waals surface area (Å²) in [6.45, 7) is 3.44. The number of hydrogen-bond acceptors (Lipinski definition) is 8. The zero-order valence-corrected chi connectivity index (χ0v) is 28.1. The smallest absolute Gasteiger partial charge is 0.497 e. The van der Waals surface area contributed by atoms with Crippen molar-refractivity contribution >= 4 is 18.1 Å². The highest BCUT2D eigenvalue weighted by Gasteiger charge is 2.38. The number of rotatable bonds is 15. The molecule has 0 aliphatic heterocycles. The Kier molecular flexibility index (Phi) is 13.1. The topological polar surface area (TPSA) is 102 Å². The van der Waals surface area contributed by atoms with Gasteiger partial charge in [-0.3, -0.25) is 4.79 Å². The van der Waals surface area contributed by atoms with Crippen molar-refractivity contribution in [2.45, 2.75) is 39.7 Å². The number of aryl methyl sites for hydroxylation is 2. The summed E-state index contributed by atoms with van der Waals surface area (Å²) >= 11 is 0. The summed E-state index contributed by atoms with van der Waals surface area (Å²) in [6, 6.07) is 23.3. The Hall–Kier alpha value is -5.65. The maximum absolute atomic E-state index is 12.9. The highest BCUT2D eigenvalue weighted by molar-refractivity contribution is 5.81. The van der Waals surface area contributed by atoms with Crippen LogP contribution in [0.3, 0.4) is 0 Å². The molecular formula is C38H38F3NO8. The van der Waals surface area contributed by atoms with E-state index in [4.69, 9.17) is 28.4 Å². The van der Waals surface area contributed by atoms with Gasteiger partial charge in [-0.05, 0) is 84.5 Å². The summed E-state index contributed by atoms with van der Waals surface area (Å²) in [5, 5.41) is 1.91. The first-order chi connectivity index (χ1) is 24.0. The maximum atomic E-state index is 12.9. The third-order valence-corrected chi connectivity index (χ3v) is 7.43. The Bertz CT molecular complexity index is 1750. The van der Waals surface area contributed by atoms with E-state index >= 15 is 0 Å². The van der Waals surface area contributed by atoms with E-state index in [0.29, 0.717) is 39.9 Å². The van der Waals surface area contributed by atoms with Crippen LogP contribution in [-0.2, 0) is 29.2 Å². The van der Waals surface area contributed by atoms with Crippen molar-refractivity contribution in [3.8, 4) is 28.7 Å². The molecule has 0 fully saturated rings. The van der Waals surface area contributed by atoms with Crippen LogP contribution in [0, 0.1) is 13.8 Å². The van der Waals surface area contributed by atoms with Gasteiger partial charge in [0.2, 0.25) is 0 Å². The van der Waals surface area contributed by atoms with E-state index in [-0.39, 0.29) is 32.8 Å². The summed E-state index contributed by atoms with van der Waals surface area (Å²) in [5.74, 6) is 0.445. The predicted octanol–water partition coefficient (Wildman–Crippen LogP) is 7.93. The van der Waals surface area contributed by atoms with Crippen LogP contribution in [0.25, 0.3) is 6.08 Å². The van der Waals surface area contributed by atoms with E-state index in [9.17, 15) is 22.8 Å². The van der Waals surface area contributed by atoms with E-state index in [2.05, 4.69) is 0 Å². The van der Waals surface area contributed by atoms with Gasteiger partial charge in [0, 0.05) is 18.2 Å². The van der Waals surface area contributed by atoms with Gasteiger partial charge in [0.1, 0.15) is 48.6 Å². The van der Waals surface area contributed by atoms with Crippen molar-refractivity contribution in [3.05, 3.63) is 118 Å². The van der Waals surface area contributed by atoms with Gasteiger partial charge in [-0.2, -0.15) is 13.2 Å². The lowest BCUT2D eigenvalue weighted by molar-refractivity contribution is -0.173. The Morgan fingerprint density at radius 3 is 1.92 bits per heavy atom. The van der Waals surface area contributed by atoms with Gasteiger partial charge in [-0.1, -0.05) is 48.5 Å². The first-order valence-electron chi connectivity index (χ1n) is 15.6. The quantitative estimate of drug-likeness (QED) is 0.0990. The summed E-state index contributed by atoms with van der Waals surface area (Å²) in [7, 11) is 3.13. The molecular weight excluding hydrogens is 655 g/mol. The molecule has 0 unspecified atom stereocenters. The Labute approximate surface area is 288 Å². The number of carbonyl (C=O) groups is 2. The summed E-state index contributed by atoms with van der Waals surface area (Å²) in [5.41, 5.74) is 4.21. The van der Waals surface area contributed by atoms with Crippen molar-refractivity contribution in [1.29, 1.82) is 0 Å². The number of para-hydroxylation sites is 1. The van der Waals surface area contributed by atoms with Crippen molar-refractivity contribution in [2.24, 2.45) is 0 Å². The molecule has 0 saturated heterocycles. The minimum absolute atomic E-state index is 0.00438. The number of ether oxygens (including phenoxy) is 6. The molecule has 264 valence electrons. The molecule has 12 heteroatoms. The Morgan fingerprint density at radius 1 is 0.780 bits per heavy atom. The van der Waals surface area contributed by atoms with Crippen LogP contribution in [0.1, 0.15) is 33.4 Å². The number of halogens is 3. The summed E-state index contributed by atoms with van der Waals surface area (Å²) in [4.78, 5) is 24.0. The second kappa shape index (κ2) is 17.7. The molecule has 0 atom stereocenters. The molecule has 4 aromatic carbocycles. The molecule has 0 radical (unpaired) electrons. The second-order valence-corrected chi connectivity index (χ2v) is 11.1. The van der Waals surface area contributed by atoms with Gasteiger partial charge in [-0.25, -0.2) is 4.79 Å². The molecule has 4 aromatic rings. The molecule has 0 bridgehead atoms. The molecule has 0 aliphatic carbocycles. The predicted molar refractivity (Wildman–Crippen MR) is 181 cm³/mol. The number of benzene rings is 4. The lowest BCUT2D eigenvalue weighted by atomic mass is 10.0. The average molecular weight is 694 g/mol. The van der Waals surface area contributed by atoms with Crippen LogP contribution in [-0.4, -0.2) is 45.6 Å². The van der Waals surface area contributed by atoms with Crippen molar-refractivity contribution < 1.29 is 51.2 Å². The van der Waals surface area contributed by atoms with Crippen molar-refractivity contribution in [2.75, 3.05) is 27.4 Å². The zero-order valence-electron chi connectivity index (χ0n) is 28.1. The fraction of sp³-hybridized carbons (Fsp3) is 0.263. The van der Waals surface area contributed by atoms with Crippen LogP contribution < -0.4 is 29.0 Å². The fourth-order valence-corrected chi connectivity index (χ4v) is 4.79. The minimum atomic E-state index is -5.03. The number of methoxy groups -OCH3 is 2. The highest BCUT2D eigenvalue weighted by Crippen LogP contribution is 2.32. The first-order valence-corrected chi connectivity index (χ1v) is 15.6. The normalized spacial score (nSPS) is 11.2. The van der Waals surface area contributed by atoms with Gasteiger partial charge < -0.3 is 33.7 Å². The van der Waals surface area contributed by atoms with Crippen molar-refractivity contribution in [1.82, 2.24) is 5.32 Å². The highest BCUT2D eigenvalue weighted by atomic mass is 19.4. The third-order valence-electron chi connectivity index (χ3n) is 7.43. The zero-order chi connectivity index (χ0) is 36.1. The molecule has 4 rings (SSSR count). The standard InChI is InChI=1S/C38H38F3NO8/c1-25-7-5-8-26(2)35(25)50-37(44)47-20-6-9-33-29(18-19-42-36(43)38(39,40)41)21-32(48-23-27-10-14-30(45-3)15-11-27)22-34(33)49-24-28-12-16-31(46-4)17-13-28/h5-17,21-22H,18-20,23-24H2,1-4H3,(H,42,43)/b9-6-. The number of carbonyl (C=O) groups excluding carboxylic acids is 2. The molecule has 1 amide bonds. The van der Waals surface area contributed by atoms with Crippen LogP contribution in [0.2, 0.25) is 0 Å². The number of amides is 1. The fourth-order valence-electron chi connectivity index (χ4n) is 4.79. The number of alkyl halides is 3. The molecule has 1 N–H and O–H groups in total. The molecule has 0 heterocycles. The lowest BCUT2D eigenvalue weighted by Gasteiger charge is -2.17. The number of nitrogens with one attached hydrogen (secondary N) is 1. The van der Waals surface area contributed by atoms with Gasteiger partial charge in [0.25, 0.3) is 0 Å². The van der Waals surface area contributed by atoms with E-state index in [1.807, 2.05) is 61.6 Å². The van der Waals surface area contributed by atoms with E-state index in [0.717, 1.165) is 22.3 Å². The Balaban J connectivity index is 1.60. The molecule has 0 spiro atoms. The first kappa shape index (κ1) is 37.2. The van der Waals surface area contributed by atoms with Crippen LogP contribution in [0.5, 0.6) is 28.7 Å². The summed E-state index contributed by atoms with van der Waals surface area (Å²) in [6.07, 6.45) is -2.75. The largest absolute Gasteiger partial charge is 0.514 e. The Morgan fingerprint density at radius 2 is 1.36 bits per heavy atom. The lowest BCUT2D eigenvalue weighted by Crippen LogP contribution is -2.37. The van der Waals surface area contributed by atoms with Crippen LogP contribution in [0.15, 0.2) is 84.9 Å². The van der Waals surface area contributed by atoms with Gasteiger partial charge in [0.15, 0.2) is 0 Å². The molecule has 0 aliphatic rings. The van der Waals surface area contributed by atoms with E-state index in [1.54, 1.807) is 62.8 Å². The molecule has 50 heavy (non-hydrogen) atoms. The monoisotopic (exact) mass is 693 g/mol. The van der Waals surface area contributed by atoms with Gasteiger partial charge in [0.05, 0.1) is 14.2 Å². The summed E-state index contributed by atoms with van der Waals surface area (Å²) < 4.78 is 72.2. The van der Waals surface area contributed by atoms with Gasteiger partial charge >= 0.3 is 18.2 Å². The van der Waals surface area contributed by atoms with Gasteiger partial charge in [-0.15, -0.1) is 0 Å². The second-order valence-electron chi connectivity index (χ2n) is 11.1. The van der Waals surface area contributed by atoms with E-state index in [1.165, 1.54) is 0 Å². The minimum Gasteiger partial charge on any atom is -0.497 e. The maximum Gasteiger partial charge on any atom is 0.514 e.